The first-order chi connectivity index (χ1) is 7.25. The SMILES string of the molecule is Nc1nccc2c1[nH]c1ccc(Cl)cc12. The summed E-state index contributed by atoms with van der Waals surface area (Å²) in [5.41, 5.74) is 7.68. The summed E-state index contributed by atoms with van der Waals surface area (Å²) < 4.78 is 0. The van der Waals surface area contributed by atoms with Gasteiger partial charge in [0, 0.05) is 27.5 Å². The second-order valence-corrected chi connectivity index (χ2v) is 3.87. The minimum atomic E-state index is 0.514. The molecule has 2 heterocycles. The van der Waals surface area contributed by atoms with Gasteiger partial charge >= 0.3 is 0 Å². The molecule has 4 heteroatoms. The van der Waals surface area contributed by atoms with Gasteiger partial charge in [-0.15, -0.1) is 0 Å². The van der Waals surface area contributed by atoms with Gasteiger partial charge < -0.3 is 10.7 Å². The number of H-pyrrole nitrogens is 1. The molecule has 0 unspecified atom stereocenters. The number of nitrogens with two attached hydrogens (primary N) is 1. The zero-order valence-corrected chi connectivity index (χ0v) is 8.55. The lowest BCUT2D eigenvalue weighted by molar-refractivity contribution is 1.35. The molecule has 3 rings (SSSR count). The van der Waals surface area contributed by atoms with Crippen molar-refractivity contribution >= 4 is 39.2 Å². The van der Waals surface area contributed by atoms with E-state index in [2.05, 4.69) is 9.97 Å². The zero-order valence-electron chi connectivity index (χ0n) is 7.79. The van der Waals surface area contributed by atoms with Crippen molar-refractivity contribution in [2.75, 3.05) is 5.73 Å². The topological polar surface area (TPSA) is 54.7 Å². The van der Waals surface area contributed by atoms with Crippen LogP contribution in [0.1, 0.15) is 0 Å². The number of nitrogen functional groups attached to an aromatic ring is 1. The molecular formula is C11H8ClN3. The summed E-state index contributed by atoms with van der Waals surface area (Å²) in [4.78, 5) is 7.27. The molecule has 0 aliphatic carbocycles. The highest BCUT2D eigenvalue weighted by atomic mass is 35.5. The molecule has 3 aromatic rings. The van der Waals surface area contributed by atoms with Gasteiger partial charge in [0.15, 0.2) is 0 Å². The average molecular weight is 218 g/mol. The maximum atomic E-state index is 5.95. The predicted octanol–water partition coefficient (Wildman–Crippen LogP) is 2.95. The molecule has 0 fully saturated rings. The normalized spacial score (nSPS) is 11.3. The van der Waals surface area contributed by atoms with Crippen LogP contribution in [0.15, 0.2) is 30.5 Å². The third-order valence-electron chi connectivity index (χ3n) is 2.51. The highest BCUT2D eigenvalue weighted by Crippen LogP contribution is 2.29. The summed E-state index contributed by atoms with van der Waals surface area (Å²) in [5, 5.41) is 2.85. The Balaban J connectivity index is 2.58. The van der Waals surface area contributed by atoms with Crippen LogP contribution >= 0.6 is 11.6 Å². The van der Waals surface area contributed by atoms with E-state index in [0.29, 0.717) is 5.82 Å². The van der Waals surface area contributed by atoms with E-state index in [1.807, 2.05) is 24.3 Å². The van der Waals surface area contributed by atoms with E-state index in [4.69, 9.17) is 17.3 Å². The monoisotopic (exact) mass is 217 g/mol. The molecule has 1 aromatic carbocycles. The molecule has 15 heavy (non-hydrogen) atoms. The number of aromatic amines is 1. The largest absolute Gasteiger partial charge is 0.382 e. The van der Waals surface area contributed by atoms with Gasteiger partial charge in [-0.3, -0.25) is 0 Å². The van der Waals surface area contributed by atoms with Crippen LogP contribution in [0.5, 0.6) is 0 Å². The van der Waals surface area contributed by atoms with E-state index in [1.165, 1.54) is 0 Å². The Morgan fingerprint density at radius 2 is 2.07 bits per heavy atom. The number of anilines is 1. The molecule has 0 aliphatic heterocycles. The van der Waals surface area contributed by atoms with Crippen molar-refractivity contribution in [2.24, 2.45) is 0 Å². The van der Waals surface area contributed by atoms with Crippen LogP contribution in [0.3, 0.4) is 0 Å². The number of rotatable bonds is 0. The minimum absolute atomic E-state index is 0.514. The summed E-state index contributed by atoms with van der Waals surface area (Å²) in [6.45, 7) is 0. The van der Waals surface area contributed by atoms with Crippen LogP contribution in [-0.2, 0) is 0 Å². The number of nitrogens with zero attached hydrogens (tertiary/aromatic N) is 1. The van der Waals surface area contributed by atoms with E-state index in [9.17, 15) is 0 Å². The molecule has 0 saturated carbocycles. The highest BCUT2D eigenvalue weighted by molar-refractivity contribution is 6.31. The first-order valence-corrected chi connectivity index (χ1v) is 4.95. The van der Waals surface area contributed by atoms with Crippen molar-refractivity contribution in [3.63, 3.8) is 0 Å². The molecule has 0 atom stereocenters. The fourth-order valence-electron chi connectivity index (χ4n) is 1.82. The van der Waals surface area contributed by atoms with Crippen LogP contribution < -0.4 is 5.73 Å². The molecule has 0 saturated heterocycles. The van der Waals surface area contributed by atoms with Gasteiger partial charge in [-0.1, -0.05) is 11.6 Å². The first-order valence-electron chi connectivity index (χ1n) is 4.57. The van der Waals surface area contributed by atoms with Gasteiger partial charge in [-0.05, 0) is 24.3 Å². The Bertz CT molecular complexity index is 657. The third-order valence-corrected chi connectivity index (χ3v) is 2.75. The fraction of sp³-hybridized carbons (Fsp3) is 0. The van der Waals surface area contributed by atoms with Crippen LogP contribution in [0, 0.1) is 0 Å². The van der Waals surface area contributed by atoms with Gasteiger partial charge in [0.05, 0.1) is 5.52 Å². The molecule has 0 aliphatic rings. The lowest BCUT2D eigenvalue weighted by atomic mass is 10.2. The fourth-order valence-corrected chi connectivity index (χ4v) is 1.99. The quantitative estimate of drug-likeness (QED) is 0.608. The summed E-state index contributed by atoms with van der Waals surface area (Å²) in [6, 6.07) is 7.65. The molecule has 0 spiro atoms. The van der Waals surface area contributed by atoms with Crippen molar-refractivity contribution in [2.45, 2.75) is 0 Å². The molecule has 2 aromatic heterocycles. The van der Waals surface area contributed by atoms with Gasteiger partial charge in [0.25, 0.3) is 0 Å². The Hall–Kier alpha value is -1.74. The minimum Gasteiger partial charge on any atom is -0.382 e. The van der Waals surface area contributed by atoms with Gasteiger partial charge in [-0.2, -0.15) is 0 Å². The first kappa shape index (κ1) is 8.56. The molecule has 3 N–H and O–H groups in total. The van der Waals surface area contributed by atoms with Crippen molar-refractivity contribution in [1.29, 1.82) is 0 Å². The summed E-state index contributed by atoms with van der Waals surface area (Å²) in [6.07, 6.45) is 1.70. The second kappa shape index (κ2) is 2.87. The smallest absolute Gasteiger partial charge is 0.147 e. The standard InChI is InChI=1S/C11H8ClN3/c12-6-1-2-9-8(5-6)7-3-4-14-11(13)10(7)15-9/h1-5,15H,(H2,13,14). The van der Waals surface area contributed by atoms with Gasteiger partial charge in [0.2, 0.25) is 0 Å². The average Bonchev–Trinajstić information content (AvgIpc) is 2.58. The maximum absolute atomic E-state index is 5.95. The van der Waals surface area contributed by atoms with E-state index >= 15 is 0 Å². The maximum Gasteiger partial charge on any atom is 0.147 e. The third kappa shape index (κ3) is 1.17. The second-order valence-electron chi connectivity index (χ2n) is 3.43. The van der Waals surface area contributed by atoms with Crippen LogP contribution in [-0.4, -0.2) is 9.97 Å². The number of hydrogen-bond donors (Lipinski definition) is 2. The molecule has 0 radical (unpaired) electrons. The van der Waals surface area contributed by atoms with E-state index in [-0.39, 0.29) is 0 Å². The molecule has 0 bridgehead atoms. The Morgan fingerprint density at radius 1 is 1.20 bits per heavy atom. The lowest BCUT2D eigenvalue weighted by Gasteiger charge is -1.93. The number of fused-ring (bicyclic) bond motifs is 3. The summed E-state index contributed by atoms with van der Waals surface area (Å²) in [7, 11) is 0. The van der Waals surface area contributed by atoms with E-state index in [0.717, 1.165) is 26.8 Å². The van der Waals surface area contributed by atoms with Crippen LogP contribution in [0.4, 0.5) is 5.82 Å². The molecular weight excluding hydrogens is 210 g/mol. The van der Waals surface area contributed by atoms with Gasteiger partial charge in [0.1, 0.15) is 5.82 Å². The number of halogens is 1. The molecule has 74 valence electrons. The number of aromatic nitrogens is 2. The Labute approximate surface area is 90.9 Å². The molecule has 3 nitrogen and oxygen atoms in total. The molecule has 0 amide bonds. The van der Waals surface area contributed by atoms with E-state index in [1.54, 1.807) is 6.20 Å². The van der Waals surface area contributed by atoms with Crippen LogP contribution in [0.25, 0.3) is 21.8 Å². The van der Waals surface area contributed by atoms with Gasteiger partial charge in [-0.25, -0.2) is 4.98 Å². The van der Waals surface area contributed by atoms with Crippen LogP contribution in [0.2, 0.25) is 5.02 Å². The number of nitrogens with one attached hydrogen (secondary N) is 1. The zero-order chi connectivity index (χ0) is 10.4. The summed E-state index contributed by atoms with van der Waals surface area (Å²) >= 11 is 5.95. The predicted molar refractivity (Wildman–Crippen MR) is 63.0 cm³/mol. The van der Waals surface area contributed by atoms with Crippen molar-refractivity contribution in [3.8, 4) is 0 Å². The lowest BCUT2D eigenvalue weighted by Crippen LogP contribution is -1.89. The van der Waals surface area contributed by atoms with Crippen molar-refractivity contribution in [3.05, 3.63) is 35.5 Å². The summed E-state index contributed by atoms with van der Waals surface area (Å²) in [5.74, 6) is 0.514. The number of hydrogen-bond acceptors (Lipinski definition) is 2. The van der Waals surface area contributed by atoms with E-state index < -0.39 is 0 Å². The van der Waals surface area contributed by atoms with Crippen molar-refractivity contribution in [1.82, 2.24) is 9.97 Å². The highest BCUT2D eigenvalue weighted by Gasteiger charge is 2.06. The van der Waals surface area contributed by atoms with Crippen molar-refractivity contribution < 1.29 is 0 Å². The Morgan fingerprint density at radius 3 is 2.93 bits per heavy atom. The Kier molecular flexibility index (Phi) is 1.64. The number of pyridine rings is 1. The number of benzene rings is 1.